The molecule has 0 bridgehead atoms. The van der Waals surface area contributed by atoms with Crippen molar-refractivity contribution in [1.29, 1.82) is 0 Å². The summed E-state index contributed by atoms with van der Waals surface area (Å²) in [5.74, 6) is 0. The molecule has 2 nitrogen and oxygen atoms in total. The number of rotatable bonds is 1. The number of anilines is 1. The SMILES string of the molecule is Cc1cc2c(C)cccc2c(N)c1C(C)O. The molecule has 0 aliphatic carbocycles. The highest BCUT2D eigenvalue weighted by molar-refractivity contribution is 5.97. The average Bonchev–Trinajstić information content (AvgIpc) is 2.19. The Morgan fingerprint density at radius 2 is 1.81 bits per heavy atom. The Labute approximate surface area is 95.7 Å². The minimum absolute atomic E-state index is 0.523. The van der Waals surface area contributed by atoms with E-state index in [1.807, 2.05) is 19.1 Å². The summed E-state index contributed by atoms with van der Waals surface area (Å²) in [6.07, 6.45) is -0.523. The van der Waals surface area contributed by atoms with Crippen LogP contribution < -0.4 is 5.73 Å². The molecule has 2 aromatic carbocycles. The first-order valence-corrected chi connectivity index (χ1v) is 5.48. The van der Waals surface area contributed by atoms with Gasteiger partial charge < -0.3 is 10.8 Å². The predicted molar refractivity (Wildman–Crippen MR) is 68.5 cm³/mol. The van der Waals surface area contributed by atoms with Crippen molar-refractivity contribution in [1.82, 2.24) is 0 Å². The summed E-state index contributed by atoms with van der Waals surface area (Å²) in [4.78, 5) is 0. The Morgan fingerprint density at radius 3 is 2.44 bits per heavy atom. The standard InChI is InChI=1S/C14H17NO/c1-8-5-4-6-11-12(8)7-9(2)13(10(3)16)14(11)15/h4-7,10,16H,15H2,1-3H3. The number of nitrogen functional groups attached to an aromatic ring is 1. The molecule has 0 saturated carbocycles. The Balaban J connectivity index is 2.89. The lowest BCUT2D eigenvalue weighted by molar-refractivity contribution is 0.199. The maximum Gasteiger partial charge on any atom is 0.0784 e. The Kier molecular flexibility index (Phi) is 2.60. The highest BCUT2D eigenvalue weighted by atomic mass is 16.3. The van der Waals surface area contributed by atoms with Gasteiger partial charge in [-0.2, -0.15) is 0 Å². The van der Waals surface area contributed by atoms with Crippen LogP contribution in [0.25, 0.3) is 10.8 Å². The number of fused-ring (bicyclic) bond motifs is 1. The predicted octanol–water partition coefficient (Wildman–Crippen LogP) is 3.09. The molecule has 0 saturated heterocycles. The van der Waals surface area contributed by atoms with Crippen molar-refractivity contribution in [3.63, 3.8) is 0 Å². The molecule has 0 spiro atoms. The van der Waals surface area contributed by atoms with Crippen LogP contribution in [-0.2, 0) is 0 Å². The quantitative estimate of drug-likeness (QED) is 0.718. The van der Waals surface area contributed by atoms with Crippen LogP contribution in [0.15, 0.2) is 24.3 Å². The van der Waals surface area contributed by atoms with Gasteiger partial charge in [0.05, 0.1) is 6.10 Å². The summed E-state index contributed by atoms with van der Waals surface area (Å²) in [7, 11) is 0. The lowest BCUT2D eigenvalue weighted by Gasteiger charge is -2.16. The van der Waals surface area contributed by atoms with Crippen LogP contribution in [0.5, 0.6) is 0 Å². The third kappa shape index (κ3) is 1.55. The van der Waals surface area contributed by atoms with Gasteiger partial charge in [0, 0.05) is 16.6 Å². The van der Waals surface area contributed by atoms with Gasteiger partial charge in [-0.3, -0.25) is 0 Å². The van der Waals surface area contributed by atoms with Crippen LogP contribution in [-0.4, -0.2) is 5.11 Å². The maximum absolute atomic E-state index is 9.73. The van der Waals surface area contributed by atoms with E-state index in [1.54, 1.807) is 6.92 Å². The van der Waals surface area contributed by atoms with E-state index in [9.17, 15) is 5.11 Å². The number of aliphatic hydroxyl groups is 1. The van der Waals surface area contributed by atoms with Gasteiger partial charge in [0.15, 0.2) is 0 Å². The smallest absolute Gasteiger partial charge is 0.0784 e. The summed E-state index contributed by atoms with van der Waals surface area (Å²) < 4.78 is 0. The molecule has 0 aromatic heterocycles. The molecule has 3 N–H and O–H groups in total. The van der Waals surface area contributed by atoms with E-state index in [0.717, 1.165) is 16.5 Å². The summed E-state index contributed by atoms with van der Waals surface area (Å²) in [6.45, 7) is 5.81. The van der Waals surface area contributed by atoms with E-state index >= 15 is 0 Å². The molecule has 2 aromatic rings. The fourth-order valence-electron chi connectivity index (χ4n) is 2.31. The van der Waals surface area contributed by atoms with Crippen LogP contribution >= 0.6 is 0 Å². The molecule has 2 rings (SSSR count). The van der Waals surface area contributed by atoms with Crippen molar-refractivity contribution < 1.29 is 5.11 Å². The van der Waals surface area contributed by atoms with Gasteiger partial charge >= 0.3 is 0 Å². The van der Waals surface area contributed by atoms with Crippen LogP contribution in [0.1, 0.15) is 29.7 Å². The van der Waals surface area contributed by atoms with Crippen molar-refractivity contribution in [3.05, 3.63) is 41.0 Å². The molecule has 0 amide bonds. The number of aryl methyl sites for hydroxylation is 2. The number of benzene rings is 2. The van der Waals surface area contributed by atoms with E-state index in [0.29, 0.717) is 5.69 Å². The second-order valence-corrected chi connectivity index (χ2v) is 4.37. The first-order chi connectivity index (χ1) is 7.52. The largest absolute Gasteiger partial charge is 0.398 e. The van der Waals surface area contributed by atoms with Gasteiger partial charge in [-0.1, -0.05) is 24.3 Å². The van der Waals surface area contributed by atoms with Crippen molar-refractivity contribution in [2.45, 2.75) is 26.9 Å². The number of hydrogen-bond acceptors (Lipinski definition) is 2. The third-order valence-electron chi connectivity index (χ3n) is 3.11. The molecule has 0 aliphatic rings. The molecule has 1 unspecified atom stereocenters. The number of hydrogen-bond donors (Lipinski definition) is 2. The van der Waals surface area contributed by atoms with E-state index < -0.39 is 6.10 Å². The van der Waals surface area contributed by atoms with Gasteiger partial charge in [-0.05, 0) is 37.3 Å². The van der Waals surface area contributed by atoms with Crippen molar-refractivity contribution >= 4 is 16.5 Å². The number of aliphatic hydroxyl groups excluding tert-OH is 1. The number of nitrogens with two attached hydrogens (primary N) is 1. The van der Waals surface area contributed by atoms with Crippen molar-refractivity contribution in [2.75, 3.05) is 5.73 Å². The molecule has 0 radical (unpaired) electrons. The molecule has 1 atom stereocenters. The summed E-state index contributed by atoms with van der Waals surface area (Å²) in [5.41, 5.74) is 9.94. The summed E-state index contributed by atoms with van der Waals surface area (Å²) in [6, 6.07) is 8.17. The zero-order chi connectivity index (χ0) is 11.9. The zero-order valence-electron chi connectivity index (χ0n) is 9.91. The van der Waals surface area contributed by atoms with E-state index in [4.69, 9.17) is 5.73 Å². The zero-order valence-corrected chi connectivity index (χ0v) is 9.91. The van der Waals surface area contributed by atoms with Crippen LogP contribution in [0, 0.1) is 13.8 Å². The molecular formula is C14H17NO. The van der Waals surface area contributed by atoms with Crippen molar-refractivity contribution in [3.8, 4) is 0 Å². The van der Waals surface area contributed by atoms with Crippen LogP contribution in [0.2, 0.25) is 0 Å². The summed E-state index contributed by atoms with van der Waals surface area (Å²) >= 11 is 0. The highest BCUT2D eigenvalue weighted by Gasteiger charge is 2.13. The average molecular weight is 215 g/mol. The Hall–Kier alpha value is -1.54. The van der Waals surface area contributed by atoms with Gasteiger partial charge in [0.2, 0.25) is 0 Å². The van der Waals surface area contributed by atoms with Crippen LogP contribution in [0.3, 0.4) is 0 Å². The topological polar surface area (TPSA) is 46.2 Å². The minimum atomic E-state index is -0.523. The second-order valence-electron chi connectivity index (χ2n) is 4.37. The van der Waals surface area contributed by atoms with E-state index in [-0.39, 0.29) is 0 Å². The fourth-order valence-corrected chi connectivity index (χ4v) is 2.31. The van der Waals surface area contributed by atoms with Gasteiger partial charge in [0.1, 0.15) is 0 Å². The van der Waals surface area contributed by atoms with Crippen molar-refractivity contribution in [2.24, 2.45) is 0 Å². The molecule has 0 aliphatic heterocycles. The summed E-state index contributed by atoms with van der Waals surface area (Å²) in [5, 5.41) is 11.9. The first-order valence-electron chi connectivity index (χ1n) is 5.48. The minimum Gasteiger partial charge on any atom is -0.398 e. The normalized spacial score (nSPS) is 13.0. The fraction of sp³-hybridized carbons (Fsp3) is 0.286. The maximum atomic E-state index is 9.73. The molecule has 16 heavy (non-hydrogen) atoms. The third-order valence-corrected chi connectivity index (χ3v) is 3.11. The lowest BCUT2D eigenvalue weighted by atomic mass is 9.94. The van der Waals surface area contributed by atoms with Crippen LogP contribution in [0.4, 0.5) is 5.69 Å². The Morgan fingerprint density at radius 1 is 1.12 bits per heavy atom. The van der Waals surface area contributed by atoms with E-state index in [2.05, 4.69) is 19.1 Å². The molecular weight excluding hydrogens is 198 g/mol. The lowest BCUT2D eigenvalue weighted by Crippen LogP contribution is -2.02. The second kappa shape index (κ2) is 3.80. The molecule has 0 heterocycles. The van der Waals surface area contributed by atoms with Gasteiger partial charge in [-0.25, -0.2) is 0 Å². The van der Waals surface area contributed by atoms with Gasteiger partial charge in [0.25, 0.3) is 0 Å². The first kappa shape index (κ1) is 11.0. The molecule has 2 heteroatoms. The highest BCUT2D eigenvalue weighted by Crippen LogP contribution is 2.33. The van der Waals surface area contributed by atoms with E-state index in [1.165, 1.54) is 10.9 Å². The monoisotopic (exact) mass is 215 g/mol. The molecule has 0 fully saturated rings. The molecule has 84 valence electrons. The van der Waals surface area contributed by atoms with Gasteiger partial charge in [-0.15, -0.1) is 0 Å². The Bertz CT molecular complexity index is 544.